The van der Waals surface area contributed by atoms with Gasteiger partial charge in [0.2, 0.25) is 5.78 Å². The van der Waals surface area contributed by atoms with Gasteiger partial charge >= 0.3 is 24.7 Å². The van der Waals surface area contributed by atoms with Crippen LogP contribution in [0.25, 0.3) is 54.9 Å². The fourth-order valence-electron chi connectivity index (χ4n) is 11.2. The van der Waals surface area contributed by atoms with Crippen LogP contribution in [0.4, 0.5) is 69.7 Å². The Balaban J connectivity index is 1.03. The number of halogens is 12. The molecule has 8 aromatic rings. The van der Waals surface area contributed by atoms with Crippen molar-refractivity contribution in [2.24, 2.45) is 4.99 Å². The molecule has 0 fully saturated rings. The molecule has 18 heteroatoms. The number of ketones is 1. The summed E-state index contributed by atoms with van der Waals surface area (Å²) in [6.07, 6.45) is -19.5. The van der Waals surface area contributed by atoms with Gasteiger partial charge in [-0.25, -0.2) is 4.99 Å². The smallest absolute Gasteiger partial charge is 0.416 e. The Bertz CT molecular complexity index is 3890. The maximum absolute atomic E-state index is 15.0. The van der Waals surface area contributed by atoms with E-state index in [-0.39, 0.29) is 88.9 Å². The summed E-state index contributed by atoms with van der Waals surface area (Å²) in [5.74, 6) is -1.40. The molecule has 6 nitrogen and oxygen atoms in total. The zero-order valence-corrected chi connectivity index (χ0v) is 36.0. The predicted octanol–water partition coefficient (Wildman–Crippen LogP) is 13.4. The molecule has 0 atom stereocenters. The number of rotatable bonds is 1. The average molecular weight is 991 g/mol. The van der Waals surface area contributed by atoms with Crippen LogP contribution in [-0.4, -0.2) is 10.9 Å². The van der Waals surface area contributed by atoms with Crippen LogP contribution in [0.15, 0.2) is 144 Å². The third-order valence-corrected chi connectivity index (χ3v) is 14.3. The minimum Gasteiger partial charge on any atom is -0.506 e. The summed E-state index contributed by atoms with van der Waals surface area (Å²) in [5.41, 5.74) is -8.47. The molecule has 0 radical (unpaired) electrons. The molecular weight excluding hydrogens is 965 g/mol. The first-order chi connectivity index (χ1) is 34.0. The third-order valence-electron chi connectivity index (χ3n) is 14.3. The lowest BCUT2D eigenvalue weighted by Gasteiger charge is -2.42. The van der Waals surface area contributed by atoms with Gasteiger partial charge in [0.1, 0.15) is 5.76 Å². The molecule has 2 aliphatic heterocycles. The van der Waals surface area contributed by atoms with Gasteiger partial charge in [-0.3, -0.25) is 4.79 Å². The van der Waals surface area contributed by atoms with Crippen molar-refractivity contribution in [3.63, 3.8) is 0 Å². The molecule has 0 bridgehead atoms. The molecular formula is C54H26F12N4O2. The molecule has 5 aliphatic rings. The fraction of sp³-hybridized carbons (Fsp3) is 0.111. The predicted molar refractivity (Wildman–Crippen MR) is 243 cm³/mol. The number of allylic oxidation sites excluding steroid dienone is 2. The Morgan fingerprint density at radius 2 is 0.903 bits per heavy atom. The number of anilines is 3. The number of hydrogen-bond acceptors (Lipinski definition) is 6. The number of nitrogens with one attached hydrogen (secondary N) is 3. The van der Waals surface area contributed by atoms with E-state index in [0.717, 1.165) is 60.7 Å². The van der Waals surface area contributed by atoms with Crippen molar-refractivity contribution in [2.75, 3.05) is 16.0 Å². The summed E-state index contributed by atoms with van der Waals surface area (Å²) in [7, 11) is 0. The van der Waals surface area contributed by atoms with Gasteiger partial charge < -0.3 is 21.1 Å². The van der Waals surface area contributed by atoms with E-state index in [2.05, 4.69) is 16.0 Å². The van der Waals surface area contributed by atoms with Gasteiger partial charge in [0.25, 0.3) is 0 Å². The number of hydrogen-bond donors (Lipinski definition) is 4. The minimum absolute atomic E-state index is 0.00338. The van der Waals surface area contributed by atoms with Crippen LogP contribution in [0, 0.1) is 0 Å². The van der Waals surface area contributed by atoms with E-state index in [1.807, 2.05) is 0 Å². The summed E-state index contributed by atoms with van der Waals surface area (Å²) in [6, 6.07) is 27.1. The highest BCUT2D eigenvalue weighted by Gasteiger charge is 2.52. The number of Topliss-reactive ketones (excluding diaryl/α,β-unsaturated/α-hetero) is 1. The number of carbonyl (C=O) groups excluding carboxylic acids is 1. The van der Waals surface area contributed by atoms with E-state index in [1.165, 1.54) is 30.3 Å². The molecule has 2 heterocycles. The van der Waals surface area contributed by atoms with Crippen LogP contribution < -0.4 is 26.5 Å². The van der Waals surface area contributed by atoms with Gasteiger partial charge in [-0.1, -0.05) is 72.8 Å². The minimum atomic E-state index is -4.88. The van der Waals surface area contributed by atoms with E-state index in [0.29, 0.717) is 21.5 Å². The summed E-state index contributed by atoms with van der Waals surface area (Å²) < 4.78 is 173. The van der Waals surface area contributed by atoms with Crippen LogP contribution in [0.5, 0.6) is 0 Å². The first-order valence-electron chi connectivity index (χ1n) is 21.9. The number of nitrogens with zero attached hydrogens (tertiary/aromatic N) is 1. The molecule has 8 aromatic carbocycles. The van der Waals surface area contributed by atoms with Crippen molar-refractivity contribution in [1.29, 1.82) is 0 Å². The number of fused-ring (bicyclic) bond motifs is 10. The first kappa shape index (κ1) is 43.7. The molecule has 0 saturated carbocycles. The fourth-order valence-corrected chi connectivity index (χ4v) is 11.2. The molecule has 0 saturated heterocycles. The van der Waals surface area contributed by atoms with E-state index < -0.39 is 69.8 Å². The van der Waals surface area contributed by atoms with Crippen LogP contribution in [0.2, 0.25) is 0 Å². The number of aliphatic hydroxyl groups excluding tert-OH is 1. The van der Waals surface area contributed by atoms with E-state index in [1.54, 1.807) is 42.5 Å². The van der Waals surface area contributed by atoms with Gasteiger partial charge in [-0.15, -0.1) is 0 Å². The summed E-state index contributed by atoms with van der Waals surface area (Å²) in [4.78, 5) is 19.9. The highest BCUT2D eigenvalue weighted by atomic mass is 19.4. The van der Waals surface area contributed by atoms with Crippen LogP contribution >= 0.6 is 0 Å². The number of benzene rings is 8. The summed E-state index contributed by atoms with van der Waals surface area (Å²) >= 11 is 0. The van der Waals surface area contributed by atoms with Crippen molar-refractivity contribution < 1.29 is 62.6 Å². The molecule has 0 amide bonds. The van der Waals surface area contributed by atoms with Crippen molar-refractivity contribution in [3.05, 3.63) is 200 Å². The Morgan fingerprint density at radius 3 is 1.42 bits per heavy atom. The van der Waals surface area contributed by atoms with Gasteiger partial charge in [-0.2, -0.15) is 52.7 Å². The summed E-state index contributed by atoms with van der Waals surface area (Å²) in [6.45, 7) is 0. The standard InChI is InChI=1S/C54H26F12N4O2/c55-51(56,57)25-9-15-29-30-16-10-26(52(58,59)60)20-36(30)49(35(29)19-25)67-39-5-1-3-23-7-13-33(45(69-49)41(23)39)43-47(71)44(48(43)72)34-14-8-24-4-2-6-40-42(24)46(34)70-50(68-40)37-21-27(53(61,62)63)11-17-31(37)32-18-12-28(22-38(32)50)54(64,65)66/h1-22,67,69-71H/b44-34+. The van der Waals surface area contributed by atoms with Crippen LogP contribution in [-0.2, 0) is 40.8 Å². The monoisotopic (exact) mass is 990 g/mol. The zero-order valence-electron chi connectivity index (χ0n) is 36.0. The molecule has 0 aromatic heterocycles. The van der Waals surface area contributed by atoms with Crippen molar-refractivity contribution in [3.8, 4) is 22.3 Å². The van der Waals surface area contributed by atoms with Gasteiger partial charge in [0.15, 0.2) is 11.3 Å². The topological polar surface area (TPSA) is 85.8 Å². The first-order valence-corrected chi connectivity index (χ1v) is 21.9. The van der Waals surface area contributed by atoms with Gasteiger partial charge in [0, 0.05) is 49.5 Å². The second-order valence-corrected chi connectivity index (χ2v) is 18.2. The largest absolute Gasteiger partial charge is 0.506 e. The lowest BCUT2D eigenvalue weighted by molar-refractivity contribution is -0.138. The maximum atomic E-state index is 15.0. The maximum Gasteiger partial charge on any atom is 0.416 e. The van der Waals surface area contributed by atoms with Crippen LogP contribution in [0.3, 0.4) is 0 Å². The highest BCUT2D eigenvalue weighted by Crippen LogP contribution is 2.58. The molecule has 0 unspecified atom stereocenters. The van der Waals surface area contributed by atoms with E-state index in [4.69, 9.17) is 4.99 Å². The highest BCUT2D eigenvalue weighted by molar-refractivity contribution is 6.52. The number of aliphatic hydroxyl groups is 1. The second-order valence-electron chi connectivity index (χ2n) is 18.2. The Kier molecular flexibility index (Phi) is 8.36. The number of alkyl halides is 12. The molecule has 13 rings (SSSR count). The molecule has 358 valence electrons. The van der Waals surface area contributed by atoms with Gasteiger partial charge in [-0.05, 0) is 93.7 Å². The third kappa shape index (κ3) is 5.82. The quantitative estimate of drug-likeness (QED) is 0.123. The van der Waals surface area contributed by atoms with Crippen LogP contribution in [0.1, 0.15) is 50.1 Å². The van der Waals surface area contributed by atoms with Crippen molar-refractivity contribution in [1.82, 2.24) is 0 Å². The molecule has 72 heavy (non-hydrogen) atoms. The Morgan fingerprint density at radius 1 is 0.444 bits per heavy atom. The second kappa shape index (κ2) is 13.8. The molecule has 3 aliphatic carbocycles. The summed E-state index contributed by atoms with van der Waals surface area (Å²) in [5, 5.41) is 23.8. The lowest BCUT2D eigenvalue weighted by atomic mass is 9.79. The zero-order chi connectivity index (χ0) is 50.4. The normalized spacial score (nSPS) is 17.5. The average Bonchev–Trinajstić information content (AvgIpc) is 3.73. The van der Waals surface area contributed by atoms with Crippen molar-refractivity contribution in [2.45, 2.75) is 36.0 Å². The number of carbonyl (C=O) groups is 1. The van der Waals surface area contributed by atoms with Crippen molar-refractivity contribution >= 4 is 55.5 Å². The van der Waals surface area contributed by atoms with E-state index >= 15 is 0 Å². The van der Waals surface area contributed by atoms with Gasteiger partial charge in [0.05, 0.1) is 50.1 Å². The Hall–Kier alpha value is -8.28. The molecule has 4 N–H and O–H groups in total. The van der Waals surface area contributed by atoms with E-state index in [9.17, 15) is 62.6 Å². The SMILES string of the molecule is O=C1C(c2ccc3cccc4c3c2NC2(N4)c3cc(C(F)(F)F)ccc3-c3ccc(C(F)(F)F)cc32)=C(O)/C1=c1/ccc2cccc3c2c1NC1(N=3)c2cc(C(F)(F)F)ccc2-c2ccc(C(F)(F)F)cc21. The Labute approximate surface area is 396 Å². The molecule has 2 spiro atoms. The lowest BCUT2D eigenvalue weighted by Crippen LogP contribution is -2.45.